The van der Waals surface area contributed by atoms with E-state index < -0.39 is 0 Å². The van der Waals surface area contributed by atoms with Crippen molar-refractivity contribution in [2.75, 3.05) is 18.6 Å². The van der Waals surface area contributed by atoms with Gasteiger partial charge in [-0.3, -0.25) is 0 Å². The van der Waals surface area contributed by atoms with Crippen LogP contribution in [0.2, 0.25) is 0 Å². The van der Waals surface area contributed by atoms with Crippen molar-refractivity contribution < 1.29 is 5.11 Å². The number of hydrogen-bond acceptors (Lipinski definition) is 3. The lowest BCUT2D eigenvalue weighted by Gasteiger charge is -2.23. The summed E-state index contributed by atoms with van der Waals surface area (Å²) in [6.45, 7) is 2.10. The van der Waals surface area contributed by atoms with Gasteiger partial charge in [-0.25, -0.2) is 4.98 Å². The largest absolute Gasteiger partial charge is 0.394 e. The molecule has 1 atom stereocenters. The van der Waals surface area contributed by atoms with E-state index in [1.165, 1.54) is 0 Å². The molecular weight excluding hydrogens is 202 g/mol. The molecule has 1 aromatic carbocycles. The number of aryl methyl sites for hydroxylation is 1. The van der Waals surface area contributed by atoms with E-state index in [1.54, 1.807) is 0 Å². The van der Waals surface area contributed by atoms with Crippen LogP contribution in [-0.2, 0) is 7.05 Å². The van der Waals surface area contributed by atoms with Crippen LogP contribution in [0.25, 0.3) is 11.0 Å². The van der Waals surface area contributed by atoms with Gasteiger partial charge in [-0.05, 0) is 19.1 Å². The van der Waals surface area contributed by atoms with Crippen molar-refractivity contribution in [1.82, 2.24) is 9.55 Å². The molecule has 0 fully saturated rings. The number of imidazole rings is 1. The van der Waals surface area contributed by atoms with Crippen LogP contribution in [0.3, 0.4) is 0 Å². The van der Waals surface area contributed by atoms with E-state index in [4.69, 9.17) is 5.11 Å². The third kappa shape index (κ3) is 1.65. The van der Waals surface area contributed by atoms with Crippen molar-refractivity contribution in [1.29, 1.82) is 0 Å². The Morgan fingerprint density at radius 3 is 2.75 bits per heavy atom. The lowest BCUT2D eigenvalue weighted by atomic mass is 10.3. The van der Waals surface area contributed by atoms with Gasteiger partial charge in [-0.1, -0.05) is 12.1 Å². The average Bonchev–Trinajstić information content (AvgIpc) is 2.65. The van der Waals surface area contributed by atoms with Gasteiger partial charge in [0.15, 0.2) is 0 Å². The molecule has 16 heavy (non-hydrogen) atoms. The van der Waals surface area contributed by atoms with Crippen LogP contribution in [0.5, 0.6) is 0 Å². The topological polar surface area (TPSA) is 41.3 Å². The van der Waals surface area contributed by atoms with E-state index >= 15 is 0 Å². The minimum atomic E-state index is 0.0653. The number of nitrogens with zero attached hydrogens (tertiary/aromatic N) is 3. The van der Waals surface area contributed by atoms with E-state index in [2.05, 4.69) is 4.98 Å². The number of anilines is 1. The molecule has 1 heterocycles. The quantitative estimate of drug-likeness (QED) is 0.848. The molecule has 2 rings (SSSR count). The zero-order valence-corrected chi connectivity index (χ0v) is 9.88. The maximum atomic E-state index is 9.15. The number of hydrogen-bond donors (Lipinski definition) is 1. The van der Waals surface area contributed by atoms with Crippen LogP contribution < -0.4 is 4.90 Å². The monoisotopic (exact) mass is 219 g/mol. The summed E-state index contributed by atoms with van der Waals surface area (Å²) in [6.07, 6.45) is 0. The van der Waals surface area contributed by atoms with Crippen LogP contribution in [0.1, 0.15) is 6.92 Å². The summed E-state index contributed by atoms with van der Waals surface area (Å²) in [5.74, 6) is 0.878. The van der Waals surface area contributed by atoms with Crippen molar-refractivity contribution >= 4 is 17.0 Å². The third-order valence-electron chi connectivity index (χ3n) is 3.00. The molecular formula is C12H17N3O. The molecule has 0 bridgehead atoms. The van der Waals surface area contributed by atoms with Gasteiger partial charge in [-0.15, -0.1) is 0 Å². The van der Waals surface area contributed by atoms with Crippen molar-refractivity contribution in [2.24, 2.45) is 7.05 Å². The summed E-state index contributed by atoms with van der Waals surface area (Å²) in [5, 5.41) is 9.15. The van der Waals surface area contributed by atoms with Gasteiger partial charge in [0.1, 0.15) is 0 Å². The predicted molar refractivity (Wildman–Crippen MR) is 65.7 cm³/mol. The summed E-state index contributed by atoms with van der Waals surface area (Å²) in [6, 6.07) is 8.09. The molecule has 0 amide bonds. The summed E-state index contributed by atoms with van der Waals surface area (Å²) < 4.78 is 2.04. The number of aromatic nitrogens is 2. The minimum absolute atomic E-state index is 0.0653. The first-order valence-electron chi connectivity index (χ1n) is 5.40. The van der Waals surface area contributed by atoms with Crippen molar-refractivity contribution in [3.8, 4) is 0 Å². The number of benzene rings is 1. The third-order valence-corrected chi connectivity index (χ3v) is 3.00. The number of aliphatic hydroxyl groups excluding tert-OH is 1. The molecule has 0 aliphatic carbocycles. The smallest absolute Gasteiger partial charge is 0.206 e. The van der Waals surface area contributed by atoms with E-state index in [0.717, 1.165) is 17.0 Å². The van der Waals surface area contributed by atoms with E-state index in [9.17, 15) is 0 Å². The van der Waals surface area contributed by atoms with Crippen LogP contribution >= 0.6 is 0 Å². The van der Waals surface area contributed by atoms with E-state index in [-0.39, 0.29) is 12.6 Å². The maximum Gasteiger partial charge on any atom is 0.206 e. The standard InChI is InChI=1S/C12H17N3O/c1-9(8-16)14(2)12-13-10-6-4-5-7-11(10)15(12)3/h4-7,9,16H,8H2,1-3H3. The molecule has 1 unspecified atom stereocenters. The highest BCUT2D eigenvalue weighted by molar-refractivity contribution is 5.78. The fraction of sp³-hybridized carbons (Fsp3) is 0.417. The van der Waals surface area contributed by atoms with Gasteiger partial charge in [0.05, 0.1) is 23.7 Å². The van der Waals surface area contributed by atoms with Crippen LogP contribution in [-0.4, -0.2) is 34.4 Å². The first-order chi connectivity index (χ1) is 7.65. The van der Waals surface area contributed by atoms with Gasteiger partial charge in [0.2, 0.25) is 5.95 Å². The summed E-state index contributed by atoms with van der Waals surface area (Å²) in [4.78, 5) is 6.55. The van der Waals surface area contributed by atoms with Crippen LogP contribution in [0.4, 0.5) is 5.95 Å². The molecule has 2 aromatic rings. The second kappa shape index (κ2) is 4.14. The molecule has 0 aliphatic heterocycles. The Labute approximate surface area is 95.1 Å². The fourth-order valence-electron chi connectivity index (χ4n) is 1.77. The SMILES string of the molecule is CC(CO)N(C)c1nc2ccccc2n1C. The number of para-hydroxylation sites is 2. The molecule has 0 saturated heterocycles. The Balaban J connectivity index is 2.49. The van der Waals surface area contributed by atoms with Gasteiger partial charge >= 0.3 is 0 Å². The highest BCUT2D eigenvalue weighted by atomic mass is 16.3. The first-order valence-corrected chi connectivity index (χ1v) is 5.40. The van der Waals surface area contributed by atoms with Gasteiger partial charge in [0, 0.05) is 14.1 Å². The highest BCUT2D eigenvalue weighted by Crippen LogP contribution is 2.21. The first kappa shape index (κ1) is 11.0. The number of aliphatic hydroxyl groups is 1. The molecule has 4 nitrogen and oxygen atoms in total. The second-order valence-electron chi connectivity index (χ2n) is 4.10. The second-order valence-corrected chi connectivity index (χ2v) is 4.10. The molecule has 0 saturated carbocycles. The highest BCUT2D eigenvalue weighted by Gasteiger charge is 2.15. The predicted octanol–water partition coefficient (Wildman–Crippen LogP) is 1.39. The Kier molecular flexibility index (Phi) is 2.83. The number of rotatable bonds is 3. The summed E-state index contributed by atoms with van der Waals surface area (Å²) in [5.41, 5.74) is 2.09. The van der Waals surface area contributed by atoms with Crippen LogP contribution in [0, 0.1) is 0 Å². The van der Waals surface area contributed by atoms with Crippen molar-refractivity contribution in [3.05, 3.63) is 24.3 Å². The van der Waals surface area contributed by atoms with Gasteiger partial charge in [0.25, 0.3) is 0 Å². The van der Waals surface area contributed by atoms with Crippen molar-refractivity contribution in [3.63, 3.8) is 0 Å². The lowest BCUT2D eigenvalue weighted by molar-refractivity contribution is 0.269. The normalized spacial score (nSPS) is 13.0. The number of fused-ring (bicyclic) bond motifs is 1. The fourth-order valence-corrected chi connectivity index (χ4v) is 1.77. The van der Waals surface area contributed by atoms with Crippen LogP contribution in [0.15, 0.2) is 24.3 Å². The Bertz CT molecular complexity index is 492. The summed E-state index contributed by atoms with van der Waals surface area (Å²) >= 11 is 0. The van der Waals surface area contributed by atoms with Gasteiger partial charge < -0.3 is 14.6 Å². The average molecular weight is 219 g/mol. The molecule has 0 aliphatic rings. The van der Waals surface area contributed by atoms with Gasteiger partial charge in [-0.2, -0.15) is 0 Å². The minimum Gasteiger partial charge on any atom is -0.394 e. The lowest BCUT2D eigenvalue weighted by Crippen LogP contribution is -2.33. The summed E-state index contributed by atoms with van der Waals surface area (Å²) in [7, 11) is 3.94. The molecule has 1 aromatic heterocycles. The maximum absolute atomic E-state index is 9.15. The zero-order chi connectivity index (χ0) is 11.7. The molecule has 0 spiro atoms. The Morgan fingerprint density at radius 1 is 1.44 bits per heavy atom. The molecule has 0 radical (unpaired) electrons. The Hall–Kier alpha value is -1.55. The van der Waals surface area contributed by atoms with E-state index in [0.29, 0.717) is 0 Å². The Morgan fingerprint density at radius 2 is 2.12 bits per heavy atom. The zero-order valence-electron chi connectivity index (χ0n) is 9.88. The molecule has 1 N–H and O–H groups in total. The number of likely N-dealkylation sites (N-methyl/N-ethyl adjacent to an activating group) is 1. The molecule has 4 heteroatoms. The molecule has 86 valence electrons. The van der Waals surface area contributed by atoms with Crippen molar-refractivity contribution in [2.45, 2.75) is 13.0 Å². The van der Waals surface area contributed by atoms with E-state index in [1.807, 2.05) is 54.8 Å².